The van der Waals surface area contributed by atoms with Crippen LogP contribution in [0.5, 0.6) is 5.75 Å². The molecule has 0 saturated carbocycles. The maximum absolute atomic E-state index is 12.3. The highest BCUT2D eigenvalue weighted by atomic mass is 79.9. The van der Waals surface area contributed by atoms with Gasteiger partial charge in [-0.1, -0.05) is 26.0 Å². The van der Waals surface area contributed by atoms with Crippen LogP contribution in [-0.4, -0.2) is 36.5 Å². The number of nitrogens with zero attached hydrogens (tertiary/aromatic N) is 1. The molecule has 1 aromatic carbocycles. The van der Waals surface area contributed by atoms with E-state index < -0.39 is 6.10 Å². The van der Waals surface area contributed by atoms with Crippen molar-refractivity contribution in [3.63, 3.8) is 0 Å². The molecule has 1 rings (SSSR count). The SMILES string of the molecule is CC(Oc1ccccc1Br)C(=O)N(C)CCC(N)C(C)C. The van der Waals surface area contributed by atoms with E-state index >= 15 is 0 Å². The fraction of sp³-hybridized carbons (Fsp3) is 0.562. The summed E-state index contributed by atoms with van der Waals surface area (Å²) in [4.78, 5) is 14.0. The third-order valence-electron chi connectivity index (χ3n) is 3.52. The Hall–Kier alpha value is -1.07. The number of hydrogen-bond donors (Lipinski definition) is 1. The minimum absolute atomic E-state index is 0.0401. The third kappa shape index (κ3) is 5.67. The average molecular weight is 357 g/mol. The fourth-order valence-electron chi connectivity index (χ4n) is 1.88. The summed E-state index contributed by atoms with van der Waals surface area (Å²) >= 11 is 3.41. The van der Waals surface area contributed by atoms with E-state index in [9.17, 15) is 4.79 Å². The zero-order valence-electron chi connectivity index (χ0n) is 13.2. The molecule has 0 saturated heterocycles. The van der Waals surface area contributed by atoms with Crippen LogP contribution in [0.4, 0.5) is 0 Å². The molecule has 1 amide bonds. The Bertz CT molecular complexity index is 465. The Morgan fingerprint density at radius 1 is 1.33 bits per heavy atom. The predicted octanol–water partition coefficient (Wildman–Crippen LogP) is 3.05. The van der Waals surface area contributed by atoms with Gasteiger partial charge < -0.3 is 15.4 Å². The average Bonchev–Trinajstić information content (AvgIpc) is 2.45. The molecule has 0 aliphatic rings. The van der Waals surface area contributed by atoms with Crippen LogP contribution in [0.15, 0.2) is 28.7 Å². The maximum atomic E-state index is 12.3. The lowest BCUT2D eigenvalue weighted by Crippen LogP contribution is -2.40. The predicted molar refractivity (Wildman–Crippen MR) is 89.3 cm³/mol. The summed E-state index contributed by atoms with van der Waals surface area (Å²) < 4.78 is 6.55. The molecule has 0 aliphatic carbocycles. The largest absolute Gasteiger partial charge is 0.480 e. The first-order valence-electron chi connectivity index (χ1n) is 7.24. The number of nitrogens with two attached hydrogens (primary N) is 1. The second-order valence-electron chi connectivity index (χ2n) is 5.65. The summed E-state index contributed by atoms with van der Waals surface area (Å²) in [6, 6.07) is 7.62. The molecule has 118 valence electrons. The Labute approximate surface area is 135 Å². The number of halogens is 1. The number of hydrogen-bond acceptors (Lipinski definition) is 3. The maximum Gasteiger partial charge on any atom is 0.263 e. The van der Waals surface area contributed by atoms with E-state index in [-0.39, 0.29) is 11.9 Å². The zero-order valence-corrected chi connectivity index (χ0v) is 14.8. The standard InChI is InChI=1S/C16H25BrN2O2/c1-11(2)14(18)9-10-19(4)16(20)12(3)21-15-8-6-5-7-13(15)17/h5-8,11-12,14H,9-10,18H2,1-4H3. The van der Waals surface area contributed by atoms with Crippen molar-refractivity contribution in [1.82, 2.24) is 4.90 Å². The van der Waals surface area contributed by atoms with E-state index in [1.165, 1.54) is 0 Å². The van der Waals surface area contributed by atoms with Gasteiger partial charge in [-0.05, 0) is 47.3 Å². The Kier molecular flexibility index (Phi) is 7.18. The molecule has 0 bridgehead atoms. The molecule has 4 nitrogen and oxygen atoms in total. The van der Waals surface area contributed by atoms with Gasteiger partial charge in [-0.15, -0.1) is 0 Å². The number of carbonyl (C=O) groups is 1. The van der Waals surface area contributed by atoms with Crippen LogP contribution in [0.1, 0.15) is 27.2 Å². The van der Waals surface area contributed by atoms with Gasteiger partial charge in [0.05, 0.1) is 4.47 Å². The topological polar surface area (TPSA) is 55.6 Å². The second-order valence-corrected chi connectivity index (χ2v) is 6.50. The van der Waals surface area contributed by atoms with Crippen LogP contribution in [0, 0.1) is 5.92 Å². The number of amides is 1. The summed E-state index contributed by atoms with van der Waals surface area (Å²) in [5.41, 5.74) is 6.01. The highest BCUT2D eigenvalue weighted by Gasteiger charge is 2.20. The van der Waals surface area contributed by atoms with E-state index in [1.54, 1.807) is 18.9 Å². The molecule has 1 aromatic rings. The molecule has 0 aromatic heterocycles. The normalized spacial score (nSPS) is 13.9. The molecule has 5 heteroatoms. The molecule has 0 spiro atoms. The number of rotatable bonds is 7. The van der Waals surface area contributed by atoms with Gasteiger partial charge in [-0.2, -0.15) is 0 Å². The summed E-state index contributed by atoms with van der Waals surface area (Å²) in [6.45, 7) is 6.58. The van der Waals surface area contributed by atoms with Gasteiger partial charge >= 0.3 is 0 Å². The van der Waals surface area contributed by atoms with Crippen LogP contribution < -0.4 is 10.5 Å². The van der Waals surface area contributed by atoms with Crippen molar-refractivity contribution in [2.75, 3.05) is 13.6 Å². The number of ether oxygens (including phenoxy) is 1. The first kappa shape index (κ1) is 18.0. The van der Waals surface area contributed by atoms with E-state index in [1.807, 2.05) is 24.3 Å². The zero-order chi connectivity index (χ0) is 16.0. The van der Waals surface area contributed by atoms with Crippen LogP contribution >= 0.6 is 15.9 Å². The Morgan fingerprint density at radius 2 is 1.95 bits per heavy atom. The quantitative estimate of drug-likeness (QED) is 0.816. The van der Waals surface area contributed by atoms with Crippen molar-refractivity contribution in [3.05, 3.63) is 28.7 Å². The van der Waals surface area contributed by atoms with Gasteiger partial charge in [0.15, 0.2) is 6.10 Å². The number of likely N-dealkylation sites (N-methyl/N-ethyl adjacent to an activating group) is 1. The van der Waals surface area contributed by atoms with Gasteiger partial charge in [0.2, 0.25) is 0 Å². The smallest absolute Gasteiger partial charge is 0.263 e. The Balaban J connectivity index is 2.52. The molecule has 0 heterocycles. The highest BCUT2D eigenvalue weighted by Crippen LogP contribution is 2.25. The molecular formula is C16H25BrN2O2. The third-order valence-corrected chi connectivity index (χ3v) is 4.17. The van der Waals surface area contributed by atoms with Crippen molar-refractivity contribution >= 4 is 21.8 Å². The van der Waals surface area contributed by atoms with E-state index in [2.05, 4.69) is 29.8 Å². The fourth-order valence-corrected chi connectivity index (χ4v) is 2.26. The number of carbonyl (C=O) groups excluding carboxylic acids is 1. The minimum Gasteiger partial charge on any atom is -0.480 e. The van der Waals surface area contributed by atoms with Crippen molar-refractivity contribution in [1.29, 1.82) is 0 Å². The van der Waals surface area contributed by atoms with Gasteiger partial charge in [0, 0.05) is 19.6 Å². The van der Waals surface area contributed by atoms with Gasteiger partial charge in [0.1, 0.15) is 5.75 Å². The van der Waals surface area contributed by atoms with Crippen LogP contribution in [0.2, 0.25) is 0 Å². The number of para-hydroxylation sites is 1. The molecule has 0 fully saturated rings. The van der Waals surface area contributed by atoms with E-state index in [4.69, 9.17) is 10.5 Å². The van der Waals surface area contributed by atoms with E-state index in [0.29, 0.717) is 18.2 Å². The summed E-state index contributed by atoms with van der Waals surface area (Å²) in [7, 11) is 1.79. The van der Waals surface area contributed by atoms with Gasteiger partial charge in [-0.3, -0.25) is 4.79 Å². The van der Waals surface area contributed by atoms with Crippen molar-refractivity contribution in [2.24, 2.45) is 11.7 Å². The van der Waals surface area contributed by atoms with Crippen LogP contribution in [0.3, 0.4) is 0 Å². The lowest BCUT2D eigenvalue weighted by atomic mass is 10.0. The molecule has 21 heavy (non-hydrogen) atoms. The molecule has 2 N–H and O–H groups in total. The summed E-state index contributed by atoms with van der Waals surface area (Å²) in [5, 5.41) is 0. The van der Waals surface area contributed by atoms with Gasteiger partial charge in [0.25, 0.3) is 5.91 Å². The van der Waals surface area contributed by atoms with E-state index in [0.717, 1.165) is 10.9 Å². The lowest BCUT2D eigenvalue weighted by molar-refractivity contribution is -0.136. The van der Waals surface area contributed by atoms with Crippen LogP contribution in [0.25, 0.3) is 0 Å². The van der Waals surface area contributed by atoms with Crippen molar-refractivity contribution < 1.29 is 9.53 Å². The minimum atomic E-state index is -0.524. The van der Waals surface area contributed by atoms with Gasteiger partial charge in [-0.25, -0.2) is 0 Å². The second kappa shape index (κ2) is 8.39. The monoisotopic (exact) mass is 356 g/mol. The first-order valence-corrected chi connectivity index (χ1v) is 8.04. The summed E-state index contributed by atoms with van der Waals surface area (Å²) in [6.07, 6.45) is 0.269. The molecule has 2 atom stereocenters. The number of benzene rings is 1. The first-order chi connectivity index (χ1) is 9.82. The van der Waals surface area contributed by atoms with Crippen molar-refractivity contribution in [2.45, 2.75) is 39.3 Å². The molecule has 0 radical (unpaired) electrons. The molecule has 2 unspecified atom stereocenters. The Morgan fingerprint density at radius 3 is 2.52 bits per heavy atom. The lowest BCUT2D eigenvalue weighted by Gasteiger charge is -2.24. The van der Waals surface area contributed by atoms with Crippen molar-refractivity contribution in [3.8, 4) is 5.75 Å². The van der Waals surface area contributed by atoms with Crippen LogP contribution in [-0.2, 0) is 4.79 Å². The molecular weight excluding hydrogens is 332 g/mol. The highest BCUT2D eigenvalue weighted by molar-refractivity contribution is 9.10. The molecule has 0 aliphatic heterocycles. The summed E-state index contributed by atoms with van der Waals surface area (Å²) in [5.74, 6) is 1.05.